The molecule has 104 valence electrons. The van der Waals surface area contributed by atoms with Gasteiger partial charge in [-0.15, -0.1) is 0 Å². The minimum absolute atomic E-state index is 0.0291. The molecule has 0 aliphatic heterocycles. The fourth-order valence-corrected chi connectivity index (χ4v) is 2.21. The van der Waals surface area contributed by atoms with E-state index < -0.39 is 0 Å². The molecule has 1 amide bonds. The van der Waals surface area contributed by atoms with Gasteiger partial charge in [0.1, 0.15) is 0 Å². The van der Waals surface area contributed by atoms with Gasteiger partial charge >= 0.3 is 0 Å². The van der Waals surface area contributed by atoms with E-state index in [0.29, 0.717) is 11.4 Å². The van der Waals surface area contributed by atoms with Crippen LogP contribution in [0.15, 0.2) is 36.4 Å². The third-order valence-corrected chi connectivity index (χ3v) is 3.89. The Balaban J connectivity index is 2.09. The van der Waals surface area contributed by atoms with Crippen LogP contribution in [-0.2, 0) is 11.2 Å². The lowest BCUT2D eigenvalue weighted by atomic mass is 10.0. The standard InChI is InChI=1S/C17H18ClNO/c1-11-7-8-14(9-12(11)2)10-17(20)19-16-6-4-5-15(18)13(16)3/h4-9H,10H2,1-3H3,(H,19,20). The van der Waals surface area contributed by atoms with E-state index in [4.69, 9.17) is 11.6 Å². The quantitative estimate of drug-likeness (QED) is 0.888. The minimum Gasteiger partial charge on any atom is -0.326 e. The first-order chi connectivity index (χ1) is 9.47. The van der Waals surface area contributed by atoms with Crippen molar-refractivity contribution < 1.29 is 4.79 Å². The van der Waals surface area contributed by atoms with Crippen molar-refractivity contribution >= 4 is 23.2 Å². The largest absolute Gasteiger partial charge is 0.326 e. The SMILES string of the molecule is Cc1ccc(CC(=O)Nc2cccc(Cl)c2C)cc1C. The van der Waals surface area contributed by atoms with Crippen LogP contribution >= 0.6 is 11.6 Å². The predicted molar refractivity (Wildman–Crippen MR) is 84.4 cm³/mol. The summed E-state index contributed by atoms with van der Waals surface area (Å²) in [7, 11) is 0. The lowest BCUT2D eigenvalue weighted by Gasteiger charge is -2.10. The van der Waals surface area contributed by atoms with Crippen molar-refractivity contribution in [3.05, 3.63) is 63.7 Å². The number of hydrogen-bond donors (Lipinski definition) is 1. The van der Waals surface area contributed by atoms with E-state index in [-0.39, 0.29) is 5.91 Å². The Morgan fingerprint density at radius 3 is 2.55 bits per heavy atom. The molecule has 2 rings (SSSR count). The Bertz CT molecular complexity index is 649. The molecule has 0 radical (unpaired) electrons. The Morgan fingerprint density at radius 2 is 1.85 bits per heavy atom. The van der Waals surface area contributed by atoms with Crippen molar-refractivity contribution in [3.8, 4) is 0 Å². The fraction of sp³-hybridized carbons (Fsp3) is 0.235. The number of carbonyl (C=O) groups is 1. The van der Waals surface area contributed by atoms with Gasteiger partial charge in [-0.05, 0) is 55.2 Å². The van der Waals surface area contributed by atoms with Crippen LogP contribution in [0.1, 0.15) is 22.3 Å². The van der Waals surface area contributed by atoms with Crippen molar-refractivity contribution in [2.75, 3.05) is 5.32 Å². The Labute approximate surface area is 124 Å². The minimum atomic E-state index is -0.0291. The van der Waals surface area contributed by atoms with Gasteiger partial charge in [0.15, 0.2) is 0 Å². The zero-order valence-electron chi connectivity index (χ0n) is 12.0. The molecular weight excluding hydrogens is 270 g/mol. The van der Waals surface area contributed by atoms with Gasteiger partial charge in [0.25, 0.3) is 0 Å². The number of carbonyl (C=O) groups excluding carboxylic acids is 1. The summed E-state index contributed by atoms with van der Waals surface area (Å²) in [4.78, 5) is 12.1. The van der Waals surface area contributed by atoms with Gasteiger partial charge < -0.3 is 5.32 Å². The lowest BCUT2D eigenvalue weighted by Crippen LogP contribution is -2.15. The molecule has 2 nitrogen and oxygen atoms in total. The summed E-state index contributed by atoms with van der Waals surface area (Å²) < 4.78 is 0. The number of aryl methyl sites for hydroxylation is 2. The average molecular weight is 288 g/mol. The molecule has 0 unspecified atom stereocenters. The maximum absolute atomic E-state index is 12.1. The van der Waals surface area contributed by atoms with Gasteiger partial charge in [-0.1, -0.05) is 35.9 Å². The number of nitrogens with one attached hydrogen (secondary N) is 1. The number of amides is 1. The molecular formula is C17H18ClNO. The second-order valence-corrected chi connectivity index (χ2v) is 5.46. The molecule has 2 aromatic carbocycles. The summed E-state index contributed by atoms with van der Waals surface area (Å²) in [6, 6.07) is 11.6. The van der Waals surface area contributed by atoms with E-state index in [1.807, 2.05) is 37.3 Å². The van der Waals surface area contributed by atoms with E-state index in [0.717, 1.165) is 16.8 Å². The molecule has 0 heterocycles. The smallest absolute Gasteiger partial charge is 0.228 e. The van der Waals surface area contributed by atoms with Crippen LogP contribution in [0.25, 0.3) is 0 Å². The molecule has 3 heteroatoms. The second-order valence-electron chi connectivity index (χ2n) is 5.06. The summed E-state index contributed by atoms with van der Waals surface area (Å²) in [6.45, 7) is 6.01. The van der Waals surface area contributed by atoms with Crippen LogP contribution in [0.3, 0.4) is 0 Å². The van der Waals surface area contributed by atoms with E-state index in [1.54, 1.807) is 0 Å². The van der Waals surface area contributed by atoms with Gasteiger partial charge in [0, 0.05) is 10.7 Å². The maximum Gasteiger partial charge on any atom is 0.228 e. The highest BCUT2D eigenvalue weighted by Gasteiger charge is 2.08. The molecule has 0 atom stereocenters. The average Bonchev–Trinajstić information content (AvgIpc) is 2.39. The van der Waals surface area contributed by atoms with Crippen molar-refractivity contribution in [3.63, 3.8) is 0 Å². The number of rotatable bonds is 3. The highest BCUT2D eigenvalue weighted by atomic mass is 35.5. The summed E-state index contributed by atoms with van der Waals surface area (Å²) in [5.74, 6) is -0.0291. The second kappa shape index (κ2) is 6.10. The van der Waals surface area contributed by atoms with Gasteiger partial charge in [-0.2, -0.15) is 0 Å². The highest BCUT2D eigenvalue weighted by molar-refractivity contribution is 6.31. The summed E-state index contributed by atoms with van der Waals surface area (Å²) >= 11 is 6.04. The van der Waals surface area contributed by atoms with Crippen LogP contribution in [0, 0.1) is 20.8 Å². The first-order valence-corrected chi connectivity index (χ1v) is 6.96. The third-order valence-electron chi connectivity index (χ3n) is 3.48. The topological polar surface area (TPSA) is 29.1 Å². The summed E-state index contributed by atoms with van der Waals surface area (Å²) in [5.41, 5.74) is 5.12. The van der Waals surface area contributed by atoms with Gasteiger partial charge in [0.2, 0.25) is 5.91 Å². The lowest BCUT2D eigenvalue weighted by molar-refractivity contribution is -0.115. The van der Waals surface area contributed by atoms with Crippen LogP contribution in [-0.4, -0.2) is 5.91 Å². The number of hydrogen-bond acceptors (Lipinski definition) is 1. The Hall–Kier alpha value is -1.80. The van der Waals surface area contributed by atoms with Gasteiger partial charge in [-0.25, -0.2) is 0 Å². The van der Waals surface area contributed by atoms with E-state index >= 15 is 0 Å². The normalized spacial score (nSPS) is 10.4. The summed E-state index contributed by atoms with van der Waals surface area (Å²) in [5, 5.41) is 3.57. The molecule has 0 bridgehead atoms. The van der Waals surface area contributed by atoms with E-state index in [1.165, 1.54) is 11.1 Å². The molecule has 0 aliphatic rings. The third kappa shape index (κ3) is 3.40. The Morgan fingerprint density at radius 1 is 1.10 bits per heavy atom. The molecule has 0 fully saturated rings. The van der Waals surface area contributed by atoms with Crippen molar-refractivity contribution in [2.24, 2.45) is 0 Å². The van der Waals surface area contributed by atoms with Crippen LogP contribution < -0.4 is 5.32 Å². The van der Waals surface area contributed by atoms with E-state index in [2.05, 4.69) is 25.2 Å². The van der Waals surface area contributed by atoms with Gasteiger partial charge in [-0.3, -0.25) is 4.79 Å². The number of benzene rings is 2. The van der Waals surface area contributed by atoms with Crippen LogP contribution in [0.2, 0.25) is 5.02 Å². The first kappa shape index (κ1) is 14.6. The fourth-order valence-electron chi connectivity index (χ4n) is 2.04. The molecule has 0 spiro atoms. The van der Waals surface area contributed by atoms with Crippen molar-refractivity contribution in [1.29, 1.82) is 0 Å². The Kier molecular flexibility index (Phi) is 4.46. The number of anilines is 1. The van der Waals surface area contributed by atoms with Crippen LogP contribution in [0.5, 0.6) is 0 Å². The molecule has 2 aromatic rings. The summed E-state index contributed by atoms with van der Waals surface area (Å²) in [6.07, 6.45) is 0.368. The molecule has 0 aromatic heterocycles. The first-order valence-electron chi connectivity index (χ1n) is 6.58. The zero-order valence-corrected chi connectivity index (χ0v) is 12.7. The molecule has 0 aliphatic carbocycles. The van der Waals surface area contributed by atoms with Crippen LogP contribution in [0.4, 0.5) is 5.69 Å². The van der Waals surface area contributed by atoms with Gasteiger partial charge in [0.05, 0.1) is 6.42 Å². The molecule has 1 N–H and O–H groups in total. The van der Waals surface area contributed by atoms with E-state index in [9.17, 15) is 4.79 Å². The molecule has 0 saturated carbocycles. The highest BCUT2D eigenvalue weighted by Crippen LogP contribution is 2.23. The van der Waals surface area contributed by atoms with Crippen molar-refractivity contribution in [1.82, 2.24) is 0 Å². The maximum atomic E-state index is 12.1. The zero-order chi connectivity index (χ0) is 14.7. The molecule has 20 heavy (non-hydrogen) atoms. The molecule has 0 saturated heterocycles. The predicted octanol–water partition coefficient (Wildman–Crippen LogP) is 4.45. The monoisotopic (exact) mass is 287 g/mol. The van der Waals surface area contributed by atoms with Crippen molar-refractivity contribution in [2.45, 2.75) is 27.2 Å². The number of halogens is 1.